The van der Waals surface area contributed by atoms with Crippen LogP contribution >= 0.6 is 22.9 Å². The molecule has 10 aromatic carbocycles. The number of para-hydroxylation sites is 1. The minimum absolute atomic E-state index is 0.193. The third-order valence-corrected chi connectivity index (χ3v) is 15.7. The molecule has 4 aromatic heterocycles. The van der Waals surface area contributed by atoms with Gasteiger partial charge in [0.05, 0.1) is 28.1 Å². The molecule has 75 heavy (non-hydrogen) atoms. The fourth-order valence-corrected chi connectivity index (χ4v) is 12.3. The van der Waals surface area contributed by atoms with Crippen LogP contribution in [0, 0.1) is 0 Å². The normalized spacial score (nSPS) is 11.5. The molecule has 4 heterocycles. The van der Waals surface area contributed by atoms with Gasteiger partial charge in [0.2, 0.25) is 11.2 Å². The predicted molar refractivity (Wildman–Crippen MR) is 313 cm³/mol. The van der Waals surface area contributed by atoms with Crippen molar-refractivity contribution in [2.24, 2.45) is 0 Å². The summed E-state index contributed by atoms with van der Waals surface area (Å²) in [7, 11) is 0. The Morgan fingerprint density at radius 1 is 0.333 bits per heavy atom. The molecule has 7 heteroatoms. The van der Waals surface area contributed by atoms with Crippen molar-refractivity contribution in [2.45, 2.75) is 0 Å². The van der Waals surface area contributed by atoms with Crippen molar-refractivity contribution in [1.82, 2.24) is 24.5 Å². The van der Waals surface area contributed by atoms with E-state index in [0.717, 1.165) is 83.6 Å². The van der Waals surface area contributed by atoms with E-state index in [4.69, 9.17) is 31.5 Å². The molecule has 0 radical (unpaired) electrons. The molecule has 0 aliphatic heterocycles. The maximum absolute atomic E-state index is 6.90. The summed E-state index contributed by atoms with van der Waals surface area (Å²) in [6.07, 6.45) is 1.87. The second kappa shape index (κ2) is 18.6. The number of rotatable bonds is 9. The van der Waals surface area contributed by atoms with E-state index in [1.54, 1.807) is 0 Å². The van der Waals surface area contributed by atoms with Crippen LogP contribution in [0.3, 0.4) is 0 Å². The van der Waals surface area contributed by atoms with Crippen LogP contribution < -0.4 is 0 Å². The Balaban J connectivity index is 0.865. The highest BCUT2D eigenvalue weighted by Crippen LogP contribution is 2.49. The van der Waals surface area contributed by atoms with Gasteiger partial charge in [-0.05, 0) is 98.1 Å². The summed E-state index contributed by atoms with van der Waals surface area (Å²) < 4.78 is 4.58. The first-order valence-corrected chi connectivity index (χ1v) is 26.2. The fraction of sp³-hybridized carbons (Fsp3) is 0. The Morgan fingerprint density at radius 3 is 1.47 bits per heavy atom. The lowest BCUT2D eigenvalue weighted by Gasteiger charge is -2.13. The van der Waals surface area contributed by atoms with Crippen molar-refractivity contribution < 1.29 is 0 Å². The molecule has 0 bridgehead atoms. The molecule has 0 atom stereocenters. The molecular weight excluding hydrogens is 954 g/mol. The summed E-state index contributed by atoms with van der Waals surface area (Å²) in [6, 6.07) is 87.8. The first-order valence-electron chi connectivity index (χ1n) is 25.0. The van der Waals surface area contributed by atoms with Crippen LogP contribution in [0.1, 0.15) is 0 Å². The molecule has 0 N–H and O–H groups in total. The number of fused-ring (bicyclic) bond motifs is 7. The highest BCUT2D eigenvalue weighted by molar-refractivity contribution is 7.27. The summed E-state index contributed by atoms with van der Waals surface area (Å²) in [4.78, 5) is 20.0. The van der Waals surface area contributed by atoms with E-state index < -0.39 is 0 Å². The number of benzene rings is 10. The van der Waals surface area contributed by atoms with Crippen molar-refractivity contribution in [2.75, 3.05) is 0 Å². The molecule has 352 valence electrons. The molecule has 14 rings (SSSR count). The van der Waals surface area contributed by atoms with Crippen LogP contribution in [0.15, 0.2) is 255 Å². The average molecular weight is 997 g/mol. The van der Waals surface area contributed by atoms with Crippen LogP contribution in [0.2, 0.25) is 5.28 Å². The fourth-order valence-electron chi connectivity index (χ4n) is 10.7. The Labute approximate surface area is 442 Å². The number of hydrogen-bond acceptors (Lipinski definition) is 5. The third kappa shape index (κ3) is 8.05. The van der Waals surface area contributed by atoms with Crippen molar-refractivity contribution in [3.63, 3.8) is 0 Å². The van der Waals surface area contributed by atoms with E-state index in [1.807, 2.05) is 35.7 Å². The number of nitrogens with zero attached hydrogens (tertiary/aromatic N) is 5. The van der Waals surface area contributed by atoms with Crippen LogP contribution in [0.4, 0.5) is 0 Å². The summed E-state index contributed by atoms with van der Waals surface area (Å²) in [6.45, 7) is 0. The Hall–Kier alpha value is -9.33. The monoisotopic (exact) mass is 995 g/mol. The Morgan fingerprint density at radius 2 is 0.827 bits per heavy atom. The molecule has 0 aliphatic carbocycles. The van der Waals surface area contributed by atoms with Gasteiger partial charge in [0.15, 0.2) is 0 Å². The van der Waals surface area contributed by atoms with Gasteiger partial charge < -0.3 is 0 Å². The standard InChI is InChI=1S/C68H42ClN5S/c69-67-71-59(53-23-13-21-51(41-53)48-32-28-46(29-33-48)44-16-6-2-7-17-44)42-60(72-67)56-35-34-54-55-36-37-62-64(66(55)75-65(54)63(56)49-18-8-3-9-19-49)57-24-10-11-25-61(57)74(62)68-70-39-38-58(73-68)52-22-12-20-50(40-52)47-30-26-45(27-31-47)43-14-4-1-5-15-43/h1-42H. The molecule has 0 aliphatic rings. The average Bonchev–Trinajstić information content (AvgIpc) is 4.11. The van der Waals surface area contributed by atoms with Gasteiger partial charge in [0, 0.05) is 59.4 Å². The van der Waals surface area contributed by atoms with E-state index in [9.17, 15) is 0 Å². The predicted octanol–water partition coefficient (Wildman–Crippen LogP) is 18.7. The second-order valence-electron chi connectivity index (χ2n) is 18.7. The number of thiophene rings is 1. The lowest BCUT2D eigenvalue weighted by Crippen LogP contribution is -2.01. The first kappa shape index (κ1) is 44.4. The molecule has 0 amide bonds. The topological polar surface area (TPSA) is 56.5 Å². The minimum Gasteiger partial charge on any atom is -0.278 e. The van der Waals surface area contributed by atoms with Crippen LogP contribution in [-0.4, -0.2) is 24.5 Å². The first-order chi connectivity index (χ1) is 37.1. The minimum atomic E-state index is 0.193. The molecule has 5 nitrogen and oxygen atoms in total. The Bertz CT molecular complexity index is 4460. The van der Waals surface area contributed by atoms with Gasteiger partial charge in [-0.3, -0.25) is 4.57 Å². The number of halogens is 1. The van der Waals surface area contributed by atoms with E-state index in [-0.39, 0.29) is 5.28 Å². The molecule has 0 saturated heterocycles. The van der Waals surface area contributed by atoms with Gasteiger partial charge >= 0.3 is 0 Å². The molecule has 0 spiro atoms. The SMILES string of the molecule is Clc1nc(-c2cccc(-c3ccc(-c4ccccc4)cc3)c2)cc(-c2ccc3c(sc4c3ccc3c4c4ccccc4n3-c3nccc(-c4cccc(-c5ccc(-c6ccccc6)cc5)c4)n3)c2-c2ccccc2)n1. The zero-order chi connectivity index (χ0) is 49.8. The van der Waals surface area contributed by atoms with Gasteiger partial charge in [0.25, 0.3) is 0 Å². The van der Waals surface area contributed by atoms with Gasteiger partial charge in [-0.15, -0.1) is 11.3 Å². The van der Waals surface area contributed by atoms with Gasteiger partial charge in [-0.1, -0.05) is 212 Å². The maximum atomic E-state index is 6.90. The van der Waals surface area contributed by atoms with E-state index in [0.29, 0.717) is 5.95 Å². The highest BCUT2D eigenvalue weighted by atomic mass is 35.5. The van der Waals surface area contributed by atoms with Crippen molar-refractivity contribution in [3.8, 4) is 95.4 Å². The highest BCUT2D eigenvalue weighted by Gasteiger charge is 2.23. The quantitative estimate of drug-likeness (QED) is 0.135. The third-order valence-electron chi connectivity index (χ3n) is 14.3. The lowest BCUT2D eigenvalue weighted by atomic mass is 9.94. The summed E-state index contributed by atoms with van der Waals surface area (Å²) in [5.41, 5.74) is 18.9. The van der Waals surface area contributed by atoms with Gasteiger partial charge in [-0.25, -0.2) is 19.9 Å². The maximum Gasteiger partial charge on any atom is 0.235 e. The van der Waals surface area contributed by atoms with Crippen LogP contribution in [0.25, 0.3) is 137 Å². The van der Waals surface area contributed by atoms with E-state index in [2.05, 4.69) is 235 Å². The molecule has 0 unspecified atom stereocenters. The van der Waals surface area contributed by atoms with Crippen molar-refractivity contribution in [3.05, 3.63) is 260 Å². The molecular formula is C68H42ClN5S. The molecule has 0 saturated carbocycles. The smallest absolute Gasteiger partial charge is 0.235 e. The van der Waals surface area contributed by atoms with E-state index in [1.165, 1.54) is 47.8 Å². The summed E-state index contributed by atoms with van der Waals surface area (Å²) in [5, 5.41) is 4.87. The van der Waals surface area contributed by atoms with Gasteiger partial charge in [-0.2, -0.15) is 0 Å². The van der Waals surface area contributed by atoms with Gasteiger partial charge in [0.1, 0.15) is 0 Å². The zero-order valence-electron chi connectivity index (χ0n) is 40.3. The zero-order valence-corrected chi connectivity index (χ0v) is 41.8. The van der Waals surface area contributed by atoms with Crippen LogP contribution in [0.5, 0.6) is 0 Å². The van der Waals surface area contributed by atoms with E-state index >= 15 is 0 Å². The van der Waals surface area contributed by atoms with Crippen LogP contribution in [-0.2, 0) is 0 Å². The Kier molecular flexibility index (Phi) is 11.0. The largest absolute Gasteiger partial charge is 0.278 e. The van der Waals surface area contributed by atoms with Crippen molar-refractivity contribution >= 4 is 64.9 Å². The second-order valence-corrected chi connectivity index (χ2v) is 20.1. The number of hydrogen-bond donors (Lipinski definition) is 0. The molecule has 0 fully saturated rings. The summed E-state index contributed by atoms with van der Waals surface area (Å²) in [5.74, 6) is 0.618. The lowest BCUT2D eigenvalue weighted by molar-refractivity contribution is 0.992. The van der Waals surface area contributed by atoms with Crippen molar-refractivity contribution in [1.29, 1.82) is 0 Å². The molecule has 14 aromatic rings. The summed E-state index contributed by atoms with van der Waals surface area (Å²) >= 11 is 8.72. The number of aromatic nitrogens is 5.